The van der Waals surface area contributed by atoms with Crippen LogP contribution in [0.5, 0.6) is 0 Å². The van der Waals surface area contributed by atoms with Gasteiger partial charge in [0.05, 0.1) is 11.7 Å². The van der Waals surface area contributed by atoms with Gasteiger partial charge in [-0.2, -0.15) is 0 Å². The predicted octanol–water partition coefficient (Wildman–Crippen LogP) is 2.02. The standard InChI is InChI=1S/C14H28N2O/c1-11-9-16(10-14(2,3)17-11)13-7-5-6-12(8-13)15-4/h11-13,15H,5-10H2,1-4H3. The lowest BCUT2D eigenvalue weighted by molar-refractivity contribution is -0.140. The molecule has 1 aliphatic carbocycles. The SMILES string of the molecule is CNC1CCCC(N2CC(C)OC(C)(C)C2)C1. The zero-order valence-corrected chi connectivity index (χ0v) is 11.8. The molecule has 0 aromatic carbocycles. The summed E-state index contributed by atoms with van der Waals surface area (Å²) in [6, 6.07) is 1.47. The molecule has 100 valence electrons. The highest BCUT2D eigenvalue weighted by Crippen LogP contribution is 2.28. The van der Waals surface area contributed by atoms with Crippen LogP contribution in [0.25, 0.3) is 0 Å². The Bertz CT molecular complexity index is 255. The van der Waals surface area contributed by atoms with Gasteiger partial charge in [-0.15, -0.1) is 0 Å². The summed E-state index contributed by atoms with van der Waals surface area (Å²) >= 11 is 0. The lowest BCUT2D eigenvalue weighted by Gasteiger charge is -2.47. The Balaban J connectivity index is 1.96. The Hall–Kier alpha value is -0.120. The quantitative estimate of drug-likeness (QED) is 0.799. The molecule has 3 atom stereocenters. The van der Waals surface area contributed by atoms with Crippen LogP contribution < -0.4 is 5.32 Å². The van der Waals surface area contributed by atoms with E-state index in [4.69, 9.17) is 4.74 Å². The molecular formula is C14H28N2O. The molecule has 0 aromatic heterocycles. The Kier molecular flexibility index (Phi) is 4.11. The molecule has 2 aliphatic rings. The number of morpholine rings is 1. The number of hydrogen-bond acceptors (Lipinski definition) is 3. The highest BCUT2D eigenvalue weighted by atomic mass is 16.5. The van der Waals surface area contributed by atoms with Crippen LogP contribution in [0.1, 0.15) is 46.5 Å². The van der Waals surface area contributed by atoms with Crippen molar-refractivity contribution in [3.8, 4) is 0 Å². The first-order chi connectivity index (χ1) is 8.00. The van der Waals surface area contributed by atoms with Gasteiger partial charge in [0.15, 0.2) is 0 Å². The second-order valence-corrected chi connectivity index (χ2v) is 6.42. The van der Waals surface area contributed by atoms with Gasteiger partial charge in [0.2, 0.25) is 0 Å². The maximum absolute atomic E-state index is 5.99. The number of rotatable bonds is 2. The number of hydrogen-bond donors (Lipinski definition) is 1. The third-order valence-corrected chi connectivity index (χ3v) is 4.17. The number of ether oxygens (including phenoxy) is 1. The Morgan fingerprint density at radius 1 is 1.29 bits per heavy atom. The van der Waals surface area contributed by atoms with Gasteiger partial charge in [0.1, 0.15) is 0 Å². The second kappa shape index (κ2) is 5.25. The fourth-order valence-corrected chi connectivity index (χ4v) is 3.54. The lowest BCUT2D eigenvalue weighted by Crippen LogP contribution is -2.56. The summed E-state index contributed by atoms with van der Waals surface area (Å²) in [7, 11) is 2.10. The summed E-state index contributed by atoms with van der Waals surface area (Å²) in [5, 5.41) is 3.45. The average molecular weight is 240 g/mol. The van der Waals surface area contributed by atoms with Crippen molar-refractivity contribution in [3.63, 3.8) is 0 Å². The molecule has 0 bridgehead atoms. The summed E-state index contributed by atoms with van der Waals surface area (Å²) in [6.45, 7) is 8.82. The lowest BCUT2D eigenvalue weighted by atomic mass is 9.88. The van der Waals surface area contributed by atoms with Gasteiger partial charge in [0.25, 0.3) is 0 Å². The molecule has 3 nitrogen and oxygen atoms in total. The van der Waals surface area contributed by atoms with Gasteiger partial charge >= 0.3 is 0 Å². The molecule has 0 spiro atoms. The minimum Gasteiger partial charge on any atom is -0.370 e. The summed E-state index contributed by atoms with van der Waals surface area (Å²) in [6.07, 6.45) is 5.74. The van der Waals surface area contributed by atoms with Crippen LogP contribution >= 0.6 is 0 Å². The van der Waals surface area contributed by atoms with Gasteiger partial charge < -0.3 is 10.1 Å². The third-order valence-electron chi connectivity index (χ3n) is 4.17. The maximum Gasteiger partial charge on any atom is 0.0757 e. The topological polar surface area (TPSA) is 24.5 Å². The Morgan fingerprint density at radius 3 is 2.71 bits per heavy atom. The van der Waals surface area contributed by atoms with E-state index in [2.05, 4.69) is 38.0 Å². The van der Waals surface area contributed by atoms with Crippen molar-refractivity contribution in [2.45, 2.75) is 70.2 Å². The molecule has 1 aliphatic heterocycles. The van der Waals surface area contributed by atoms with Crippen molar-refractivity contribution in [3.05, 3.63) is 0 Å². The van der Waals surface area contributed by atoms with E-state index in [0.717, 1.165) is 25.2 Å². The van der Waals surface area contributed by atoms with E-state index in [0.29, 0.717) is 6.10 Å². The number of nitrogens with one attached hydrogen (secondary N) is 1. The highest BCUT2D eigenvalue weighted by molar-refractivity contribution is 4.90. The zero-order valence-electron chi connectivity index (χ0n) is 11.8. The molecule has 17 heavy (non-hydrogen) atoms. The first kappa shape index (κ1) is 13.3. The molecule has 1 saturated heterocycles. The summed E-state index contributed by atoms with van der Waals surface area (Å²) in [5.74, 6) is 0. The molecule has 1 saturated carbocycles. The summed E-state index contributed by atoms with van der Waals surface area (Å²) < 4.78 is 5.99. The molecule has 0 aromatic rings. The molecule has 1 heterocycles. The van der Waals surface area contributed by atoms with E-state index in [1.807, 2.05) is 0 Å². The fraction of sp³-hybridized carbons (Fsp3) is 1.00. The monoisotopic (exact) mass is 240 g/mol. The smallest absolute Gasteiger partial charge is 0.0757 e. The van der Waals surface area contributed by atoms with Crippen LogP contribution in [0.3, 0.4) is 0 Å². The van der Waals surface area contributed by atoms with E-state index >= 15 is 0 Å². The maximum atomic E-state index is 5.99. The van der Waals surface area contributed by atoms with Crippen molar-refractivity contribution in [2.24, 2.45) is 0 Å². The first-order valence-electron chi connectivity index (χ1n) is 7.09. The molecule has 3 unspecified atom stereocenters. The largest absolute Gasteiger partial charge is 0.370 e. The summed E-state index contributed by atoms with van der Waals surface area (Å²) in [5.41, 5.74) is 0.0181. The average Bonchev–Trinajstić information content (AvgIpc) is 2.26. The van der Waals surface area contributed by atoms with E-state index in [1.54, 1.807) is 0 Å². The van der Waals surface area contributed by atoms with E-state index < -0.39 is 0 Å². The van der Waals surface area contributed by atoms with Crippen LogP contribution in [0.4, 0.5) is 0 Å². The predicted molar refractivity (Wildman–Crippen MR) is 71.3 cm³/mol. The van der Waals surface area contributed by atoms with Gasteiger partial charge in [-0.05, 0) is 47.1 Å². The molecule has 0 radical (unpaired) electrons. The molecule has 2 fully saturated rings. The first-order valence-corrected chi connectivity index (χ1v) is 7.09. The van der Waals surface area contributed by atoms with Crippen LogP contribution in [0.2, 0.25) is 0 Å². The Morgan fingerprint density at radius 2 is 2.06 bits per heavy atom. The second-order valence-electron chi connectivity index (χ2n) is 6.42. The van der Waals surface area contributed by atoms with Gasteiger partial charge in [-0.25, -0.2) is 0 Å². The van der Waals surface area contributed by atoms with Crippen LogP contribution in [0, 0.1) is 0 Å². The molecule has 3 heteroatoms. The van der Waals surface area contributed by atoms with Crippen LogP contribution in [-0.4, -0.2) is 48.8 Å². The van der Waals surface area contributed by atoms with E-state index in [-0.39, 0.29) is 5.60 Å². The van der Waals surface area contributed by atoms with Gasteiger partial charge in [-0.1, -0.05) is 6.42 Å². The molecule has 0 amide bonds. The zero-order chi connectivity index (χ0) is 12.5. The highest BCUT2D eigenvalue weighted by Gasteiger charge is 2.36. The van der Waals surface area contributed by atoms with Gasteiger partial charge in [-0.3, -0.25) is 4.90 Å². The fourth-order valence-electron chi connectivity index (χ4n) is 3.54. The minimum absolute atomic E-state index is 0.0181. The van der Waals surface area contributed by atoms with Crippen molar-refractivity contribution in [1.29, 1.82) is 0 Å². The third kappa shape index (κ3) is 3.43. The van der Waals surface area contributed by atoms with Crippen molar-refractivity contribution in [1.82, 2.24) is 10.2 Å². The van der Waals surface area contributed by atoms with Crippen molar-refractivity contribution in [2.75, 3.05) is 20.1 Å². The summed E-state index contributed by atoms with van der Waals surface area (Å²) in [4.78, 5) is 2.66. The molecule has 2 rings (SSSR count). The number of nitrogens with zero attached hydrogens (tertiary/aromatic N) is 1. The van der Waals surface area contributed by atoms with Gasteiger partial charge in [0, 0.05) is 25.2 Å². The van der Waals surface area contributed by atoms with E-state index in [1.165, 1.54) is 25.7 Å². The van der Waals surface area contributed by atoms with Crippen LogP contribution in [-0.2, 0) is 4.74 Å². The molecular weight excluding hydrogens is 212 g/mol. The van der Waals surface area contributed by atoms with Crippen molar-refractivity contribution < 1.29 is 4.74 Å². The normalized spacial score (nSPS) is 39.2. The van der Waals surface area contributed by atoms with Crippen LogP contribution in [0.15, 0.2) is 0 Å². The van der Waals surface area contributed by atoms with E-state index in [9.17, 15) is 0 Å². The van der Waals surface area contributed by atoms with Crippen molar-refractivity contribution >= 4 is 0 Å². The molecule has 1 N–H and O–H groups in total. The minimum atomic E-state index is 0.0181. The Labute approximate surface area is 106 Å².